The van der Waals surface area contributed by atoms with Crippen LogP contribution in [0.4, 0.5) is 0 Å². The average molecular weight is 128 g/mol. The summed E-state index contributed by atoms with van der Waals surface area (Å²) in [4.78, 5) is 19.7. The van der Waals surface area contributed by atoms with Gasteiger partial charge in [-0.3, -0.25) is 4.79 Å². The zero-order valence-electron chi connectivity index (χ0n) is 5.16. The van der Waals surface area contributed by atoms with Crippen molar-refractivity contribution >= 4 is 12.3 Å². The molecule has 0 aliphatic heterocycles. The van der Waals surface area contributed by atoms with E-state index < -0.39 is 5.97 Å². The number of hydrogen-bond acceptors (Lipinski definition) is 3. The van der Waals surface area contributed by atoms with E-state index in [0.717, 1.165) is 0 Å². The van der Waals surface area contributed by atoms with Crippen LogP contribution in [0.25, 0.3) is 0 Å². The van der Waals surface area contributed by atoms with E-state index in [4.69, 9.17) is 0 Å². The van der Waals surface area contributed by atoms with Gasteiger partial charge in [0.2, 0.25) is 6.29 Å². The fourth-order valence-corrected chi connectivity index (χ4v) is 0.260. The molecule has 0 aromatic rings. The van der Waals surface area contributed by atoms with Gasteiger partial charge in [-0.2, -0.15) is 0 Å². The smallest absolute Gasteiger partial charge is 0.371 e. The van der Waals surface area contributed by atoms with E-state index in [0.29, 0.717) is 0 Å². The summed E-state index contributed by atoms with van der Waals surface area (Å²) in [7, 11) is 0. The number of allylic oxidation sites excluding steroid dienone is 1. The van der Waals surface area contributed by atoms with Crippen molar-refractivity contribution in [1.29, 1.82) is 0 Å². The van der Waals surface area contributed by atoms with Gasteiger partial charge in [-0.05, 0) is 6.92 Å². The SMILES string of the molecule is C/C=C/COC(=O)C=O. The fraction of sp³-hybridized carbons (Fsp3) is 0.333. The lowest BCUT2D eigenvalue weighted by Gasteiger charge is -1.91. The molecule has 0 atom stereocenters. The molecule has 0 heterocycles. The van der Waals surface area contributed by atoms with Gasteiger partial charge in [-0.1, -0.05) is 12.2 Å². The third-order valence-electron chi connectivity index (χ3n) is 0.654. The molecule has 0 fully saturated rings. The number of aldehydes is 1. The Hall–Kier alpha value is -1.12. The first-order chi connectivity index (χ1) is 4.31. The van der Waals surface area contributed by atoms with E-state index in [1.807, 2.05) is 0 Å². The Bertz CT molecular complexity index is 126. The molecule has 0 aromatic carbocycles. The summed E-state index contributed by atoms with van der Waals surface area (Å²) in [6.07, 6.45) is 3.52. The van der Waals surface area contributed by atoms with E-state index >= 15 is 0 Å². The van der Waals surface area contributed by atoms with Gasteiger partial charge in [0, 0.05) is 0 Å². The van der Waals surface area contributed by atoms with E-state index in [9.17, 15) is 9.59 Å². The molecule has 9 heavy (non-hydrogen) atoms. The van der Waals surface area contributed by atoms with Crippen molar-refractivity contribution in [1.82, 2.24) is 0 Å². The predicted octanol–water partition coefficient (Wildman–Crippen LogP) is 0.305. The summed E-state index contributed by atoms with van der Waals surface area (Å²) in [5.41, 5.74) is 0. The molecule has 0 amide bonds. The molecule has 0 bridgehead atoms. The van der Waals surface area contributed by atoms with Gasteiger partial charge < -0.3 is 4.74 Å². The molecule has 0 aliphatic carbocycles. The summed E-state index contributed by atoms with van der Waals surface area (Å²) in [6, 6.07) is 0. The third-order valence-corrected chi connectivity index (χ3v) is 0.654. The molecule has 3 nitrogen and oxygen atoms in total. The number of carbonyl (C=O) groups excluding carboxylic acids is 2. The number of ether oxygens (including phenoxy) is 1. The summed E-state index contributed by atoms with van der Waals surface area (Å²) >= 11 is 0. The van der Waals surface area contributed by atoms with Crippen LogP contribution in [0.2, 0.25) is 0 Å². The molecule has 0 aromatic heterocycles. The van der Waals surface area contributed by atoms with E-state index in [-0.39, 0.29) is 12.9 Å². The molecule has 0 saturated carbocycles. The van der Waals surface area contributed by atoms with Crippen LogP contribution in [0.1, 0.15) is 6.92 Å². The van der Waals surface area contributed by atoms with Gasteiger partial charge in [0.15, 0.2) is 0 Å². The highest BCUT2D eigenvalue weighted by molar-refractivity contribution is 6.20. The van der Waals surface area contributed by atoms with Crippen LogP contribution in [-0.2, 0) is 14.3 Å². The van der Waals surface area contributed by atoms with Crippen molar-refractivity contribution in [3.8, 4) is 0 Å². The zero-order valence-corrected chi connectivity index (χ0v) is 5.16. The monoisotopic (exact) mass is 128 g/mol. The van der Waals surface area contributed by atoms with Crippen molar-refractivity contribution in [2.24, 2.45) is 0 Å². The number of carbonyl (C=O) groups is 2. The fourth-order valence-electron chi connectivity index (χ4n) is 0.260. The second kappa shape index (κ2) is 5.03. The minimum Gasteiger partial charge on any atom is -0.456 e. The molecule has 0 rings (SSSR count). The number of esters is 1. The van der Waals surface area contributed by atoms with Gasteiger partial charge >= 0.3 is 5.97 Å². The standard InChI is InChI=1S/C6H8O3/c1-2-3-4-9-6(8)5-7/h2-3,5H,4H2,1H3/b3-2+. The highest BCUT2D eigenvalue weighted by Crippen LogP contribution is 1.75. The number of hydrogen-bond donors (Lipinski definition) is 0. The van der Waals surface area contributed by atoms with Crippen LogP contribution < -0.4 is 0 Å². The maximum atomic E-state index is 10.1. The molecule has 0 N–H and O–H groups in total. The van der Waals surface area contributed by atoms with Gasteiger partial charge in [0.25, 0.3) is 0 Å². The van der Waals surface area contributed by atoms with Crippen molar-refractivity contribution in [3.05, 3.63) is 12.2 Å². The van der Waals surface area contributed by atoms with Gasteiger partial charge in [-0.25, -0.2) is 4.79 Å². The summed E-state index contributed by atoms with van der Waals surface area (Å²) in [5.74, 6) is -0.826. The van der Waals surface area contributed by atoms with Crippen LogP contribution in [-0.4, -0.2) is 18.9 Å². The van der Waals surface area contributed by atoms with Crippen molar-refractivity contribution in [3.63, 3.8) is 0 Å². The summed E-state index contributed by atoms with van der Waals surface area (Å²) < 4.78 is 4.34. The molecule has 0 aliphatic rings. The van der Waals surface area contributed by atoms with Crippen LogP contribution in [0, 0.1) is 0 Å². The van der Waals surface area contributed by atoms with Crippen LogP contribution in [0.15, 0.2) is 12.2 Å². The quantitative estimate of drug-likeness (QED) is 0.238. The van der Waals surface area contributed by atoms with Crippen LogP contribution in [0.3, 0.4) is 0 Å². The maximum absolute atomic E-state index is 10.1. The first-order valence-electron chi connectivity index (χ1n) is 2.54. The second-order valence-corrected chi connectivity index (χ2v) is 1.32. The maximum Gasteiger partial charge on any atom is 0.371 e. The highest BCUT2D eigenvalue weighted by atomic mass is 16.5. The first-order valence-corrected chi connectivity index (χ1v) is 2.54. The normalized spacial score (nSPS) is 9.44. The number of rotatable bonds is 3. The van der Waals surface area contributed by atoms with Crippen molar-refractivity contribution in [2.75, 3.05) is 6.61 Å². The Morgan fingerprint density at radius 2 is 2.33 bits per heavy atom. The van der Waals surface area contributed by atoms with Crippen molar-refractivity contribution < 1.29 is 14.3 Å². The lowest BCUT2D eigenvalue weighted by atomic mass is 10.5. The third kappa shape index (κ3) is 4.74. The Morgan fingerprint density at radius 1 is 1.67 bits per heavy atom. The lowest BCUT2D eigenvalue weighted by molar-refractivity contribution is -0.147. The first kappa shape index (κ1) is 7.88. The molecule has 3 heteroatoms. The summed E-state index contributed by atoms with van der Waals surface area (Å²) in [5, 5.41) is 0. The van der Waals surface area contributed by atoms with E-state index in [1.54, 1.807) is 19.1 Å². The van der Waals surface area contributed by atoms with Gasteiger partial charge in [0.1, 0.15) is 6.61 Å². The minimum absolute atomic E-state index is 0.142. The molecule has 0 saturated heterocycles. The Kier molecular flexibility index (Phi) is 4.40. The Balaban J connectivity index is 3.27. The average Bonchev–Trinajstić information content (AvgIpc) is 1.89. The molecule has 0 radical (unpaired) electrons. The topological polar surface area (TPSA) is 43.4 Å². The largest absolute Gasteiger partial charge is 0.456 e. The zero-order chi connectivity index (χ0) is 7.11. The van der Waals surface area contributed by atoms with Crippen LogP contribution >= 0.6 is 0 Å². The lowest BCUT2D eigenvalue weighted by Crippen LogP contribution is -2.04. The Morgan fingerprint density at radius 3 is 2.78 bits per heavy atom. The van der Waals surface area contributed by atoms with Crippen LogP contribution in [0.5, 0.6) is 0 Å². The van der Waals surface area contributed by atoms with Gasteiger partial charge in [-0.15, -0.1) is 0 Å². The minimum atomic E-state index is -0.826. The molecular formula is C6H8O3. The molecule has 0 spiro atoms. The molecule has 50 valence electrons. The van der Waals surface area contributed by atoms with E-state index in [2.05, 4.69) is 4.74 Å². The second-order valence-electron chi connectivity index (χ2n) is 1.32. The molecular weight excluding hydrogens is 120 g/mol. The Labute approximate surface area is 53.3 Å². The summed E-state index contributed by atoms with van der Waals surface area (Å²) in [6.45, 7) is 1.98. The van der Waals surface area contributed by atoms with Crippen molar-refractivity contribution in [2.45, 2.75) is 6.92 Å². The van der Waals surface area contributed by atoms with E-state index in [1.165, 1.54) is 0 Å². The predicted molar refractivity (Wildman–Crippen MR) is 31.8 cm³/mol. The highest BCUT2D eigenvalue weighted by Gasteiger charge is 1.93. The molecule has 0 unspecified atom stereocenters. The van der Waals surface area contributed by atoms with Gasteiger partial charge in [0.05, 0.1) is 0 Å².